The monoisotopic (exact) mass is 583 g/mol. The molecule has 2 N–H and O–H groups in total. The number of nitrogens with zero attached hydrogens (tertiary/aromatic N) is 2. The average Bonchev–Trinajstić information content (AvgIpc) is 2.93. The van der Waals surface area contributed by atoms with E-state index in [1.165, 1.54) is 16.7 Å². The van der Waals surface area contributed by atoms with Gasteiger partial charge in [0.2, 0.25) is 5.91 Å². The molecule has 4 rings (SSSR count). The van der Waals surface area contributed by atoms with E-state index in [4.69, 9.17) is 50.2 Å². The van der Waals surface area contributed by atoms with Gasteiger partial charge in [0.25, 0.3) is 5.91 Å². The number of β-lactam (4-membered cyclic amide) rings is 1. The Labute approximate surface area is 231 Å². The van der Waals surface area contributed by atoms with E-state index in [2.05, 4.69) is 0 Å². The molecule has 2 atom stereocenters. The van der Waals surface area contributed by atoms with Crippen molar-refractivity contribution < 1.29 is 28.7 Å². The Morgan fingerprint density at radius 2 is 1.62 bits per heavy atom. The van der Waals surface area contributed by atoms with Crippen molar-refractivity contribution in [3.63, 3.8) is 0 Å². The van der Waals surface area contributed by atoms with Crippen LogP contribution in [-0.2, 0) is 23.9 Å². The first-order valence-electron chi connectivity index (χ1n) is 10.9. The number of imide groups is 1. The number of ether oxygens (including phenoxy) is 2. The number of rotatable bonds is 7. The zero-order chi connectivity index (χ0) is 26.7. The van der Waals surface area contributed by atoms with Gasteiger partial charge in [-0.15, -0.1) is 11.8 Å². The molecule has 2 aromatic rings. The quantitative estimate of drug-likeness (QED) is 0.226. The van der Waals surface area contributed by atoms with E-state index in [0.717, 1.165) is 11.1 Å². The van der Waals surface area contributed by atoms with Crippen molar-refractivity contribution in [3.8, 4) is 0 Å². The van der Waals surface area contributed by atoms with E-state index in [1.807, 2.05) is 60.7 Å². The third-order valence-electron chi connectivity index (χ3n) is 5.62. The summed E-state index contributed by atoms with van der Waals surface area (Å²) in [5.41, 5.74) is 7.59. The number of esters is 1. The standard InChI is InChI=1S/C24H20Cl3N3O6S/c25-19(26)21(32)30(27)24(34)35-11-15-12-37-22-16(28)20(31)29(22)17(15)23(33)36-18(13-7-3-1-4-8-13)14-9-5-2-6-10-14/h1-10,16,18-19,22H,11-12,28H2/t16-,22+/m1/s1. The fourth-order valence-electron chi connectivity index (χ4n) is 3.81. The van der Waals surface area contributed by atoms with Crippen LogP contribution in [0.15, 0.2) is 71.9 Å². The fraction of sp³-hybridized carbons (Fsp3) is 0.250. The van der Waals surface area contributed by atoms with Crippen molar-refractivity contribution in [2.45, 2.75) is 22.4 Å². The van der Waals surface area contributed by atoms with Crippen LogP contribution in [0.5, 0.6) is 0 Å². The van der Waals surface area contributed by atoms with Crippen LogP contribution >= 0.6 is 46.7 Å². The van der Waals surface area contributed by atoms with E-state index < -0.39 is 52.8 Å². The highest BCUT2D eigenvalue weighted by Crippen LogP contribution is 2.41. The predicted molar refractivity (Wildman–Crippen MR) is 138 cm³/mol. The van der Waals surface area contributed by atoms with Crippen LogP contribution in [0, 0.1) is 0 Å². The minimum atomic E-state index is -1.58. The Bertz CT molecular complexity index is 1190. The number of carbonyl (C=O) groups excluding carboxylic acids is 4. The Balaban J connectivity index is 1.62. The molecular weight excluding hydrogens is 565 g/mol. The van der Waals surface area contributed by atoms with Gasteiger partial charge in [-0.3, -0.25) is 14.5 Å². The van der Waals surface area contributed by atoms with Crippen molar-refractivity contribution in [3.05, 3.63) is 83.1 Å². The highest BCUT2D eigenvalue weighted by atomic mass is 35.5. The van der Waals surface area contributed by atoms with Crippen molar-refractivity contribution >= 4 is 70.6 Å². The van der Waals surface area contributed by atoms with E-state index in [-0.39, 0.29) is 21.4 Å². The lowest BCUT2D eigenvalue weighted by Crippen LogP contribution is -2.68. The minimum Gasteiger partial charge on any atom is -0.448 e. The number of fused-ring (bicyclic) bond motifs is 1. The van der Waals surface area contributed by atoms with Gasteiger partial charge in [0.15, 0.2) is 10.9 Å². The van der Waals surface area contributed by atoms with Crippen LogP contribution in [0.4, 0.5) is 4.79 Å². The molecule has 1 saturated heterocycles. The van der Waals surface area contributed by atoms with Crippen molar-refractivity contribution in [1.29, 1.82) is 0 Å². The molecule has 2 aliphatic rings. The molecule has 2 aliphatic heterocycles. The van der Waals surface area contributed by atoms with Gasteiger partial charge in [-0.25, -0.2) is 9.59 Å². The molecule has 2 aromatic carbocycles. The first-order valence-corrected chi connectivity index (χ1v) is 13.1. The molecule has 2 heterocycles. The molecule has 3 amide bonds. The summed E-state index contributed by atoms with van der Waals surface area (Å²) in [5, 5.41) is -0.472. The molecule has 0 saturated carbocycles. The van der Waals surface area contributed by atoms with Gasteiger partial charge in [-0.05, 0) is 11.1 Å². The molecule has 13 heteroatoms. The summed E-state index contributed by atoms with van der Waals surface area (Å²) in [7, 11) is 0. The number of nitrogens with two attached hydrogens (primary N) is 1. The first-order chi connectivity index (χ1) is 17.7. The molecule has 194 valence electrons. The van der Waals surface area contributed by atoms with E-state index in [0.29, 0.717) is 0 Å². The Hall–Kier alpha value is -2.76. The van der Waals surface area contributed by atoms with Crippen LogP contribution in [-0.4, -0.2) is 61.8 Å². The lowest BCUT2D eigenvalue weighted by atomic mass is 10.0. The molecule has 9 nitrogen and oxygen atoms in total. The predicted octanol–water partition coefficient (Wildman–Crippen LogP) is 3.74. The second-order valence-corrected chi connectivity index (χ2v) is 10.5. The molecule has 0 bridgehead atoms. The highest BCUT2D eigenvalue weighted by molar-refractivity contribution is 8.00. The summed E-state index contributed by atoms with van der Waals surface area (Å²) in [6, 6.07) is 17.5. The highest BCUT2D eigenvalue weighted by Gasteiger charge is 2.52. The summed E-state index contributed by atoms with van der Waals surface area (Å²) in [6.07, 6.45) is -2.02. The van der Waals surface area contributed by atoms with Crippen molar-refractivity contribution in [1.82, 2.24) is 9.32 Å². The van der Waals surface area contributed by atoms with Crippen molar-refractivity contribution in [2.24, 2.45) is 5.73 Å². The molecule has 0 spiro atoms. The second-order valence-electron chi connectivity index (χ2n) is 7.97. The largest absolute Gasteiger partial charge is 0.448 e. The summed E-state index contributed by atoms with van der Waals surface area (Å²) in [5.74, 6) is -2.15. The second kappa shape index (κ2) is 11.7. The summed E-state index contributed by atoms with van der Waals surface area (Å²) in [4.78, 5) is 49.9. The number of thioether (sulfide) groups is 1. The third-order valence-corrected chi connectivity index (χ3v) is 7.66. The van der Waals surface area contributed by atoms with E-state index in [1.54, 1.807) is 0 Å². The average molecular weight is 585 g/mol. The normalized spacial score (nSPS) is 18.9. The van der Waals surface area contributed by atoms with Crippen LogP contribution in [0.25, 0.3) is 0 Å². The third kappa shape index (κ3) is 5.73. The lowest BCUT2D eigenvalue weighted by molar-refractivity contribution is -0.153. The molecule has 0 aromatic heterocycles. The summed E-state index contributed by atoms with van der Waals surface area (Å²) in [6.45, 7) is -0.449. The van der Waals surface area contributed by atoms with Gasteiger partial charge in [-0.1, -0.05) is 83.9 Å². The Morgan fingerprint density at radius 3 is 2.16 bits per heavy atom. The van der Waals surface area contributed by atoms with Gasteiger partial charge in [0, 0.05) is 23.1 Å². The number of benzene rings is 2. The number of hydrogen-bond acceptors (Lipinski definition) is 8. The number of amides is 3. The lowest BCUT2D eigenvalue weighted by Gasteiger charge is -2.48. The molecular formula is C24H20Cl3N3O6S. The van der Waals surface area contributed by atoms with Gasteiger partial charge in [0.05, 0.1) is 0 Å². The molecule has 0 radical (unpaired) electrons. The van der Waals surface area contributed by atoms with Crippen LogP contribution in [0.2, 0.25) is 0 Å². The molecule has 37 heavy (non-hydrogen) atoms. The first kappa shape index (κ1) is 27.3. The van der Waals surface area contributed by atoms with Crippen LogP contribution in [0.3, 0.4) is 0 Å². The summed E-state index contributed by atoms with van der Waals surface area (Å²) >= 11 is 17.9. The SMILES string of the molecule is N[C@@H]1C(=O)N2C(C(=O)OC(c3ccccc3)c3ccccc3)=C(COC(=O)N(Cl)C(=O)C(Cl)Cl)CS[C@@H]12. The van der Waals surface area contributed by atoms with E-state index in [9.17, 15) is 19.2 Å². The Morgan fingerprint density at radius 1 is 1.05 bits per heavy atom. The van der Waals surface area contributed by atoms with Crippen molar-refractivity contribution in [2.75, 3.05) is 12.4 Å². The van der Waals surface area contributed by atoms with Gasteiger partial charge in [0.1, 0.15) is 23.7 Å². The maximum Gasteiger partial charge on any atom is 0.432 e. The zero-order valence-electron chi connectivity index (χ0n) is 19.0. The van der Waals surface area contributed by atoms with Crippen LogP contribution in [0.1, 0.15) is 17.2 Å². The maximum absolute atomic E-state index is 13.6. The fourth-order valence-corrected chi connectivity index (χ4v) is 5.52. The minimum absolute atomic E-state index is 0.0693. The summed E-state index contributed by atoms with van der Waals surface area (Å²) < 4.78 is 11.2. The number of halogens is 3. The topological polar surface area (TPSA) is 119 Å². The zero-order valence-corrected chi connectivity index (χ0v) is 22.0. The smallest absolute Gasteiger partial charge is 0.432 e. The maximum atomic E-state index is 13.6. The molecule has 0 unspecified atom stereocenters. The Kier molecular flexibility index (Phi) is 8.66. The van der Waals surface area contributed by atoms with E-state index >= 15 is 0 Å². The molecule has 1 fully saturated rings. The van der Waals surface area contributed by atoms with Gasteiger partial charge < -0.3 is 15.2 Å². The number of alkyl halides is 2. The number of hydrogen-bond donors (Lipinski definition) is 1. The van der Waals surface area contributed by atoms with Crippen LogP contribution < -0.4 is 5.73 Å². The number of carbonyl (C=O) groups is 4. The molecule has 0 aliphatic carbocycles. The van der Waals surface area contributed by atoms with Gasteiger partial charge >= 0.3 is 12.1 Å². The van der Waals surface area contributed by atoms with Gasteiger partial charge in [-0.2, -0.15) is 4.42 Å².